The van der Waals surface area contributed by atoms with E-state index in [0.29, 0.717) is 5.56 Å². The van der Waals surface area contributed by atoms with Crippen LogP contribution in [0, 0.1) is 0 Å². The summed E-state index contributed by atoms with van der Waals surface area (Å²) in [6, 6.07) is 33.7. The summed E-state index contributed by atoms with van der Waals surface area (Å²) in [6.07, 6.45) is 18.1. The second kappa shape index (κ2) is 18.7. The third-order valence-electron chi connectivity index (χ3n) is 13.7. The topological polar surface area (TPSA) is 51.2 Å². The number of ether oxygens (including phenoxy) is 3. The Morgan fingerprint density at radius 3 is 1.25 bits per heavy atom. The number of anilines is 2. The summed E-state index contributed by atoms with van der Waals surface area (Å²) in [5, 5.41) is 0.137. The molecule has 6 nitrogen and oxygen atoms in total. The molecule has 5 aromatic rings. The van der Waals surface area contributed by atoms with E-state index in [1.807, 2.05) is 36.4 Å². The number of nitrogens with zero attached hydrogens (tertiary/aromatic N) is 2. The van der Waals surface area contributed by atoms with Crippen molar-refractivity contribution in [3.63, 3.8) is 0 Å². The van der Waals surface area contributed by atoms with Gasteiger partial charge in [0.25, 0.3) is 0 Å². The van der Waals surface area contributed by atoms with E-state index < -0.39 is 11.6 Å². The van der Waals surface area contributed by atoms with Gasteiger partial charge in [0.1, 0.15) is 11.5 Å². The number of rotatable bonds is 12. The van der Waals surface area contributed by atoms with Gasteiger partial charge >= 0.3 is 5.97 Å². The molecule has 0 radical (unpaired) electrons. The predicted molar refractivity (Wildman–Crippen MR) is 262 cm³/mol. The number of cyclic esters (lactones) is 1. The Bertz CT molecular complexity index is 2410. The lowest BCUT2D eigenvalue weighted by molar-refractivity contribution is 0.0300. The zero-order chi connectivity index (χ0) is 43.8. The quantitative estimate of drug-likeness (QED) is 0.0706. The average Bonchev–Trinajstić information content (AvgIpc) is 4.19. The fourth-order valence-electron chi connectivity index (χ4n) is 10.3. The maximum atomic E-state index is 14.5. The Morgan fingerprint density at radius 1 is 0.500 bits per heavy atom. The van der Waals surface area contributed by atoms with Gasteiger partial charge in [0.2, 0.25) is 0 Å². The first-order valence-electron chi connectivity index (χ1n) is 23.0. The predicted octanol–water partition coefficient (Wildman–Crippen LogP) is 14.8. The van der Waals surface area contributed by atoms with Crippen LogP contribution in [0.15, 0.2) is 109 Å². The molecule has 330 valence electrons. The number of hydrogen-bond donors (Lipinski definition) is 0. The second-order valence-electron chi connectivity index (χ2n) is 17.9. The van der Waals surface area contributed by atoms with Crippen LogP contribution < -0.4 is 19.3 Å². The molecule has 0 bridgehead atoms. The molecule has 64 heavy (non-hydrogen) atoms. The van der Waals surface area contributed by atoms with Crippen LogP contribution in [0.4, 0.5) is 11.4 Å². The SMILES string of the molecule is O=C1OC(/C=C(\c2ccc(OC3CCCC3)cc2)c2ccc(N3CCCC3)cc2)(/C=C(\c2ccc(OC3CCCC3)cc2)c2ccc(N3CCCC3)cc2)c2c(Cl)c(Cl)c(Cl)c(Cl)c21. The largest absolute Gasteiger partial charge is 0.490 e. The summed E-state index contributed by atoms with van der Waals surface area (Å²) >= 11 is 27.9. The number of hydrogen-bond acceptors (Lipinski definition) is 6. The van der Waals surface area contributed by atoms with E-state index in [4.69, 9.17) is 60.6 Å². The minimum absolute atomic E-state index is 0.000976. The smallest absolute Gasteiger partial charge is 0.341 e. The van der Waals surface area contributed by atoms with Crippen molar-refractivity contribution in [2.75, 3.05) is 36.0 Å². The van der Waals surface area contributed by atoms with Crippen molar-refractivity contribution in [3.05, 3.63) is 163 Å². The number of esters is 1. The molecule has 10 heteroatoms. The van der Waals surface area contributed by atoms with Crippen molar-refractivity contribution in [1.29, 1.82) is 0 Å². The standard InChI is InChI=1S/C54H52Cl4N2O4/c55-49-47-48(50(56)52(58)51(49)57)54(64-53(47)61,33-45(35-13-21-39(22-14-35)59-29-5-6-30-59)37-17-25-43(26-18-37)62-41-9-1-2-10-41)34-46(36-15-23-40(24-16-36)60-31-7-8-32-60)38-19-27-44(28-20-38)63-42-11-3-4-12-42/h13-28,33-34,41-42H,1-12,29-32H2/b45-33-,46-34-. The number of carbonyl (C=O) groups excluding carboxylic acids is 1. The molecule has 10 rings (SSSR count). The first-order valence-corrected chi connectivity index (χ1v) is 24.5. The average molecular weight is 935 g/mol. The van der Waals surface area contributed by atoms with E-state index in [1.54, 1.807) is 0 Å². The maximum Gasteiger partial charge on any atom is 0.341 e. The molecule has 4 fully saturated rings. The third-order valence-corrected chi connectivity index (χ3v) is 15.5. The molecule has 2 saturated heterocycles. The van der Waals surface area contributed by atoms with Gasteiger partial charge in [-0.25, -0.2) is 4.79 Å². The number of benzene rings is 5. The number of halogens is 4. The van der Waals surface area contributed by atoms with Crippen LogP contribution in [0.2, 0.25) is 20.1 Å². The summed E-state index contributed by atoms with van der Waals surface area (Å²) in [5.74, 6) is 0.992. The first-order chi connectivity index (χ1) is 31.2. The van der Waals surface area contributed by atoms with Gasteiger partial charge in [0, 0.05) is 43.1 Å². The highest BCUT2D eigenvalue weighted by Gasteiger charge is 2.48. The lowest BCUT2D eigenvalue weighted by Crippen LogP contribution is -2.23. The number of fused-ring (bicyclic) bond motifs is 1. The molecule has 3 aliphatic heterocycles. The molecular weight excluding hydrogens is 882 g/mol. The van der Waals surface area contributed by atoms with E-state index >= 15 is 0 Å². The minimum Gasteiger partial charge on any atom is -0.490 e. The van der Waals surface area contributed by atoms with Gasteiger partial charge in [-0.3, -0.25) is 0 Å². The molecule has 3 heterocycles. The lowest BCUT2D eigenvalue weighted by Gasteiger charge is -2.28. The Labute approximate surface area is 396 Å². The minimum atomic E-state index is -1.62. The van der Waals surface area contributed by atoms with Crippen molar-refractivity contribution in [3.8, 4) is 11.5 Å². The monoisotopic (exact) mass is 932 g/mol. The second-order valence-corrected chi connectivity index (χ2v) is 19.4. The van der Waals surface area contributed by atoms with Crippen molar-refractivity contribution >= 4 is 74.9 Å². The Morgan fingerprint density at radius 2 is 0.859 bits per heavy atom. The number of carbonyl (C=O) groups is 1. The Hall–Kier alpha value is -4.59. The normalized spacial score (nSPS) is 19.2. The van der Waals surface area contributed by atoms with Gasteiger partial charge in [0.15, 0.2) is 5.60 Å². The highest BCUT2D eigenvalue weighted by atomic mass is 35.5. The molecule has 0 atom stereocenters. The van der Waals surface area contributed by atoms with Gasteiger partial charge in [-0.15, -0.1) is 0 Å². The molecule has 2 saturated carbocycles. The molecule has 0 N–H and O–H groups in total. The van der Waals surface area contributed by atoms with Gasteiger partial charge in [-0.2, -0.15) is 0 Å². The van der Waals surface area contributed by atoms with Crippen molar-refractivity contribution in [2.24, 2.45) is 0 Å². The summed E-state index contributed by atoms with van der Waals surface area (Å²) in [6.45, 7) is 4.12. The van der Waals surface area contributed by atoms with Crippen LogP contribution in [-0.4, -0.2) is 44.4 Å². The fourth-order valence-corrected chi connectivity index (χ4v) is 11.3. The van der Waals surface area contributed by atoms with Crippen LogP contribution in [0.3, 0.4) is 0 Å². The van der Waals surface area contributed by atoms with Gasteiger partial charge in [-0.1, -0.05) is 94.9 Å². The van der Waals surface area contributed by atoms with Crippen LogP contribution in [0.25, 0.3) is 11.1 Å². The van der Waals surface area contributed by atoms with Gasteiger partial charge in [-0.05, 0) is 171 Å². The van der Waals surface area contributed by atoms with Gasteiger partial charge < -0.3 is 24.0 Å². The molecule has 2 aliphatic carbocycles. The molecule has 0 amide bonds. The zero-order valence-electron chi connectivity index (χ0n) is 35.9. The van der Waals surface area contributed by atoms with E-state index in [2.05, 4.69) is 82.6 Å². The van der Waals surface area contributed by atoms with Crippen molar-refractivity contribution < 1.29 is 19.0 Å². The highest BCUT2D eigenvalue weighted by Crippen LogP contribution is 2.54. The molecule has 5 aliphatic rings. The Balaban J connectivity index is 1.18. The summed E-state index contributed by atoms with van der Waals surface area (Å²) < 4.78 is 19.6. The van der Waals surface area contributed by atoms with Crippen LogP contribution in [0.1, 0.15) is 115 Å². The van der Waals surface area contributed by atoms with E-state index in [9.17, 15) is 4.79 Å². The van der Waals surface area contributed by atoms with Gasteiger partial charge in [0.05, 0.1) is 37.9 Å². The van der Waals surface area contributed by atoms with E-state index in [-0.39, 0.29) is 37.9 Å². The third kappa shape index (κ3) is 8.76. The highest BCUT2D eigenvalue weighted by molar-refractivity contribution is 6.53. The molecule has 0 aromatic heterocycles. The van der Waals surface area contributed by atoms with E-state index in [0.717, 1.165) is 96.8 Å². The lowest BCUT2D eigenvalue weighted by atomic mass is 9.83. The van der Waals surface area contributed by atoms with Crippen LogP contribution >= 0.6 is 46.4 Å². The summed E-state index contributed by atoms with van der Waals surface area (Å²) in [4.78, 5) is 19.3. The van der Waals surface area contributed by atoms with Crippen LogP contribution in [-0.2, 0) is 10.3 Å². The molecule has 0 unspecified atom stereocenters. The van der Waals surface area contributed by atoms with E-state index in [1.165, 1.54) is 62.7 Å². The van der Waals surface area contributed by atoms with Crippen molar-refractivity contribution in [2.45, 2.75) is 94.9 Å². The molecular formula is C54H52Cl4N2O4. The maximum absolute atomic E-state index is 14.5. The summed E-state index contributed by atoms with van der Waals surface area (Å²) in [5.41, 5.74) is 6.43. The zero-order valence-corrected chi connectivity index (χ0v) is 38.9. The molecule has 5 aromatic carbocycles. The van der Waals surface area contributed by atoms with Crippen LogP contribution in [0.5, 0.6) is 11.5 Å². The van der Waals surface area contributed by atoms with Crippen molar-refractivity contribution in [1.82, 2.24) is 0 Å². The Kier molecular flexibility index (Phi) is 12.7. The summed E-state index contributed by atoms with van der Waals surface area (Å²) in [7, 11) is 0. The fraction of sp³-hybridized carbons (Fsp3) is 0.352. The first kappa shape index (κ1) is 43.3. The molecule has 0 spiro atoms.